The third-order valence-electron chi connectivity index (χ3n) is 2.71. The third-order valence-corrected chi connectivity index (χ3v) is 2.71. The van der Waals surface area contributed by atoms with Crippen molar-refractivity contribution in [3.63, 3.8) is 0 Å². The summed E-state index contributed by atoms with van der Waals surface area (Å²) in [5.74, 6) is -3.34. The molecule has 0 heterocycles. The van der Waals surface area contributed by atoms with Gasteiger partial charge in [0.2, 0.25) is 5.91 Å². The van der Waals surface area contributed by atoms with Gasteiger partial charge in [0.25, 0.3) is 0 Å². The molecule has 2 aromatic rings. The maximum absolute atomic E-state index is 13.4. The molecule has 2 rings (SSSR count). The molecular weight excluding hydrogens is 262 g/mol. The second kappa shape index (κ2) is 5.93. The predicted molar refractivity (Wildman–Crippen MR) is 69.8 cm³/mol. The van der Waals surface area contributed by atoms with E-state index in [0.717, 1.165) is 12.1 Å². The molecule has 0 aromatic heterocycles. The van der Waals surface area contributed by atoms with Crippen molar-refractivity contribution in [2.75, 3.05) is 5.32 Å². The first-order chi connectivity index (χ1) is 9.61. The van der Waals surface area contributed by atoms with Crippen LogP contribution in [0, 0.1) is 23.0 Å². The van der Waals surface area contributed by atoms with Gasteiger partial charge >= 0.3 is 0 Å². The fraction of sp³-hybridized carbons (Fsp3) is 0.0667. The Morgan fingerprint density at radius 3 is 2.45 bits per heavy atom. The molecule has 0 saturated carbocycles. The number of hydrogen-bond acceptors (Lipinski definition) is 2. The highest BCUT2D eigenvalue weighted by Crippen LogP contribution is 2.20. The molecule has 0 bridgehead atoms. The lowest BCUT2D eigenvalue weighted by atomic mass is 10.00. The van der Waals surface area contributed by atoms with E-state index in [2.05, 4.69) is 5.32 Å². The van der Waals surface area contributed by atoms with Crippen molar-refractivity contribution >= 4 is 11.6 Å². The Hall–Kier alpha value is -2.74. The second-order valence-corrected chi connectivity index (χ2v) is 4.09. The van der Waals surface area contributed by atoms with E-state index in [-0.39, 0.29) is 5.69 Å². The molecule has 1 unspecified atom stereocenters. The van der Waals surface area contributed by atoms with Gasteiger partial charge in [0, 0.05) is 6.07 Å². The Morgan fingerprint density at radius 1 is 1.15 bits per heavy atom. The molecule has 0 radical (unpaired) electrons. The van der Waals surface area contributed by atoms with Gasteiger partial charge in [-0.05, 0) is 17.7 Å². The molecule has 0 fully saturated rings. The first kappa shape index (κ1) is 13.7. The van der Waals surface area contributed by atoms with Gasteiger partial charge < -0.3 is 5.32 Å². The van der Waals surface area contributed by atoms with Crippen LogP contribution >= 0.6 is 0 Å². The normalized spacial score (nSPS) is 11.4. The molecule has 1 atom stereocenters. The molecule has 5 heteroatoms. The average Bonchev–Trinajstić information content (AvgIpc) is 2.44. The SMILES string of the molecule is N#CC(C(=O)Nc1ccc(F)cc1F)c1ccccc1. The van der Waals surface area contributed by atoms with E-state index < -0.39 is 23.5 Å². The molecule has 20 heavy (non-hydrogen) atoms. The van der Waals surface area contributed by atoms with E-state index in [1.807, 2.05) is 6.07 Å². The summed E-state index contributed by atoms with van der Waals surface area (Å²) < 4.78 is 26.2. The van der Waals surface area contributed by atoms with Crippen LogP contribution < -0.4 is 5.32 Å². The lowest BCUT2D eigenvalue weighted by Gasteiger charge is -2.11. The van der Waals surface area contributed by atoms with Crippen LogP contribution in [0.5, 0.6) is 0 Å². The number of amides is 1. The van der Waals surface area contributed by atoms with Gasteiger partial charge in [-0.1, -0.05) is 30.3 Å². The minimum atomic E-state index is -1.05. The molecule has 2 aromatic carbocycles. The van der Waals surface area contributed by atoms with E-state index in [0.29, 0.717) is 11.6 Å². The van der Waals surface area contributed by atoms with Crippen molar-refractivity contribution in [1.82, 2.24) is 0 Å². The van der Waals surface area contributed by atoms with Crippen LogP contribution in [0.25, 0.3) is 0 Å². The standard InChI is InChI=1S/C15H10F2N2O/c16-11-6-7-14(13(17)8-11)19-15(20)12(9-18)10-4-2-1-3-5-10/h1-8,12H,(H,19,20). The van der Waals surface area contributed by atoms with Crippen molar-refractivity contribution in [3.05, 3.63) is 65.7 Å². The van der Waals surface area contributed by atoms with Crippen LogP contribution in [-0.4, -0.2) is 5.91 Å². The van der Waals surface area contributed by atoms with Crippen molar-refractivity contribution in [1.29, 1.82) is 5.26 Å². The first-order valence-electron chi connectivity index (χ1n) is 5.82. The topological polar surface area (TPSA) is 52.9 Å². The second-order valence-electron chi connectivity index (χ2n) is 4.09. The van der Waals surface area contributed by atoms with Crippen LogP contribution in [0.15, 0.2) is 48.5 Å². The largest absolute Gasteiger partial charge is 0.322 e. The van der Waals surface area contributed by atoms with Gasteiger partial charge in [0.1, 0.15) is 11.6 Å². The van der Waals surface area contributed by atoms with Gasteiger partial charge in [0.15, 0.2) is 5.92 Å². The highest BCUT2D eigenvalue weighted by molar-refractivity contribution is 5.97. The van der Waals surface area contributed by atoms with Crippen molar-refractivity contribution in [2.45, 2.75) is 5.92 Å². The summed E-state index contributed by atoms with van der Waals surface area (Å²) in [5.41, 5.74) is 0.350. The molecular formula is C15H10F2N2O. The molecule has 0 aliphatic heterocycles. The summed E-state index contributed by atoms with van der Waals surface area (Å²) in [5, 5.41) is 11.4. The summed E-state index contributed by atoms with van der Waals surface area (Å²) in [6, 6.07) is 13.1. The fourth-order valence-corrected chi connectivity index (χ4v) is 1.73. The zero-order valence-electron chi connectivity index (χ0n) is 10.3. The van der Waals surface area contributed by atoms with Crippen LogP contribution in [0.3, 0.4) is 0 Å². The number of hydrogen-bond donors (Lipinski definition) is 1. The fourth-order valence-electron chi connectivity index (χ4n) is 1.73. The Kier molecular flexibility index (Phi) is 4.06. The van der Waals surface area contributed by atoms with Crippen LogP contribution in [-0.2, 0) is 4.79 Å². The van der Waals surface area contributed by atoms with E-state index in [4.69, 9.17) is 5.26 Å². The quantitative estimate of drug-likeness (QED) is 0.932. The summed E-state index contributed by atoms with van der Waals surface area (Å²) >= 11 is 0. The van der Waals surface area contributed by atoms with Gasteiger partial charge in [-0.2, -0.15) is 5.26 Å². The number of benzene rings is 2. The molecule has 0 spiro atoms. The number of carbonyl (C=O) groups is 1. The van der Waals surface area contributed by atoms with E-state index in [9.17, 15) is 13.6 Å². The minimum Gasteiger partial charge on any atom is -0.322 e. The lowest BCUT2D eigenvalue weighted by molar-refractivity contribution is -0.116. The number of rotatable bonds is 3. The zero-order chi connectivity index (χ0) is 14.5. The lowest BCUT2D eigenvalue weighted by Crippen LogP contribution is -2.20. The maximum Gasteiger partial charge on any atom is 0.246 e. The van der Waals surface area contributed by atoms with Crippen molar-refractivity contribution in [3.8, 4) is 6.07 Å². The summed E-state index contributed by atoms with van der Waals surface area (Å²) in [7, 11) is 0. The number of anilines is 1. The van der Waals surface area contributed by atoms with Crippen LogP contribution in [0.4, 0.5) is 14.5 Å². The Balaban J connectivity index is 2.21. The number of nitrogens with zero attached hydrogens (tertiary/aromatic N) is 1. The number of nitriles is 1. The van der Waals surface area contributed by atoms with Crippen LogP contribution in [0.1, 0.15) is 11.5 Å². The predicted octanol–water partition coefficient (Wildman–Crippen LogP) is 3.21. The minimum absolute atomic E-state index is 0.160. The summed E-state index contributed by atoms with van der Waals surface area (Å²) in [6.07, 6.45) is 0. The maximum atomic E-state index is 13.4. The first-order valence-corrected chi connectivity index (χ1v) is 5.82. The molecule has 1 amide bonds. The highest BCUT2D eigenvalue weighted by atomic mass is 19.1. The third kappa shape index (κ3) is 2.98. The van der Waals surface area contributed by atoms with Gasteiger partial charge in [-0.3, -0.25) is 4.79 Å². The number of halogens is 2. The monoisotopic (exact) mass is 272 g/mol. The Morgan fingerprint density at radius 2 is 1.85 bits per heavy atom. The molecule has 1 N–H and O–H groups in total. The number of carbonyl (C=O) groups excluding carboxylic acids is 1. The number of nitrogens with one attached hydrogen (secondary N) is 1. The Bertz CT molecular complexity index is 665. The smallest absolute Gasteiger partial charge is 0.246 e. The van der Waals surface area contributed by atoms with Gasteiger partial charge in [-0.25, -0.2) is 8.78 Å². The molecule has 3 nitrogen and oxygen atoms in total. The Labute approximate surface area is 114 Å². The molecule has 0 saturated heterocycles. The van der Waals surface area contributed by atoms with E-state index in [1.165, 1.54) is 0 Å². The zero-order valence-corrected chi connectivity index (χ0v) is 10.3. The highest BCUT2D eigenvalue weighted by Gasteiger charge is 2.21. The summed E-state index contributed by atoms with van der Waals surface area (Å²) in [6.45, 7) is 0. The summed E-state index contributed by atoms with van der Waals surface area (Å²) in [4.78, 5) is 12.0. The van der Waals surface area contributed by atoms with Gasteiger partial charge in [0.05, 0.1) is 11.8 Å². The van der Waals surface area contributed by atoms with Crippen molar-refractivity contribution in [2.24, 2.45) is 0 Å². The molecule has 0 aliphatic rings. The van der Waals surface area contributed by atoms with Crippen LogP contribution in [0.2, 0.25) is 0 Å². The average molecular weight is 272 g/mol. The van der Waals surface area contributed by atoms with Crippen molar-refractivity contribution < 1.29 is 13.6 Å². The molecule has 100 valence electrons. The van der Waals surface area contributed by atoms with Gasteiger partial charge in [-0.15, -0.1) is 0 Å². The van der Waals surface area contributed by atoms with E-state index >= 15 is 0 Å². The molecule has 0 aliphatic carbocycles. The van der Waals surface area contributed by atoms with E-state index in [1.54, 1.807) is 30.3 Å².